The summed E-state index contributed by atoms with van der Waals surface area (Å²) < 4.78 is 0. The summed E-state index contributed by atoms with van der Waals surface area (Å²) in [7, 11) is 0. The molecule has 0 bridgehead atoms. The maximum absolute atomic E-state index is 9.00. The van der Waals surface area contributed by atoms with Gasteiger partial charge in [-0.15, -0.1) is 0 Å². The molecule has 0 saturated carbocycles. The first-order chi connectivity index (χ1) is 9.61. The van der Waals surface area contributed by atoms with Crippen molar-refractivity contribution < 1.29 is 29.7 Å². The Morgan fingerprint density at radius 1 is 0.905 bits per heavy atom. The Labute approximate surface area is 125 Å². The largest absolute Gasteiger partial charge is 0.481 e. The van der Waals surface area contributed by atoms with E-state index >= 15 is 0 Å². The molecule has 0 aromatic carbocycles. The third-order valence-corrected chi connectivity index (χ3v) is 1.21. The quantitative estimate of drug-likeness (QED) is 0.455. The second kappa shape index (κ2) is 26.4. The van der Waals surface area contributed by atoms with Gasteiger partial charge in [-0.05, 0) is 18.9 Å². The van der Waals surface area contributed by atoms with Gasteiger partial charge >= 0.3 is 0 Å². The van der Waals surface area contributed by atoms with E-state index < -0.39 is 17.9 Å². The Hall–Kier alpha value is -2.18. The van der Waals surface area contributed by atoms with Gasteiger partial charge in [0.25, 0.3) is 17.9 Å². The highest BCUT2D eigenvalue weighted by atomic mass is 16.4. The van der Waals surface area contributed by atoms with Crippen molar-refractivity contribution in [3.8, 4) is 0 Å². The number of carboxylic acids is 3. The second-order valence-corrected chi connectivity index (χ2v) is 3.65. The summed E-state index contributed by atoms with van der Waals surface area (Å²) in [6.45, 7) is 5.44. The first kappa shape index (κ1) is 27.2. The number of rotatable bonds is 5. The van der Waals surface area contributed by atoms with Crippen molar-refractivity contribution in [1.29, 1.82) is 5.41 Å². The lowest BCUT2D eigenvalue weighted by Gasteiger charge is -1.88. The van der Waals surface area contributed by atoms with Gasteiger partial charge in [-0.25, -0.2) is 0 Å². The number of carboxylic acid groups (broad SMARTS) is 3. The molecule has 7 nitrogen and oxygen atoms in total. The molecule has 0 atom stereocenters. The molecule has 124 valence electrons. The molecule has 0 rings (SSSR count). The summed E-state index contributed by atoms with van der Waals surface area (Å²) in [6, 6.07) is 0. The molecule has 21 heavy (non-hydrogen) atoms. The Morgan fingerprint density at radius 2 is 1.24 bits per heavy atom. The minimum absolute atomic E-state index is 0.833. The van der Waals surface area contributed by atoms with Gasteiger partial charge in [-0.1, -0.05) is 25.8 Å². The summed E-state index contributed by atoms with van der Waals surface area (Å²) >= 11 is 0. The van der Waals surface area contributed by atoms with Crippen LogP contribution in [-0.4, -0.2) is 39.4 Å². The molecule has 0 radical (unpaired) electrons. The predicted molar refractivity (Wildman–Crippen MR) is 82.0 cm³/mol. The van der Waals surface area contributed by atoms with Crippen LogP contribution < -0.4 is 0 Å². The van der Waals surface area contributed by atoms with Crippen LogP contribution in [0.4, 0.5) is 0 Å². The third kappa shape index (κ3) is 306. The van der Waals surface area contributed by atoms with Crippen LogP contribution in [0, 0.1) is 5.41 Å². The van der Waals surface area contributed by atoms with Crippen molar-refractivity contribution in [1.82, 2.24) is 0 Å². The van der Waals surface area contributed by atoms with Gasteiger partial charge < -0.3 is 20.7 Å². The Morgan fingerprint density at radius 3 is 1.48 bits per heavy atom. The fourth-order valence-corrected chi connectivity index (χ4v) is 0.676. The molecule has 0 saturated heterocycles. The molecular weight excluding hydrogens is 278 g/mol. The molecule has 0 aromatic heterocycles. The van der Waals surface area contributed by atoms with Gasteiger partial charge in [0.2, 0.25) is 0 Å². The lowest BCUT2D eigenvalue weighted by atomic mass is 10.2. The number of hydrogen-bond acceptors (Lipinski definition) is 4. The second-order valence-electron chi connectivity index (χ2n) is 3.65. The van der Waals surface area contributed by atoms with Crippen LogP contribution in [0.15, 0.2) is 12.2 Å². The monoisotopic (exact) mass is 305 g/mol. The highest BCUT2D eigenvalue weighted by Crippen LogP contribution is 1.98. The van der Waals surface area contributed by atoms with E-state index in [0.29, 0.717) is 0 Å². The van der Waals surface area contributed by atoms with Crippen LogP contribution >= 0.6 is 0 Å². The van der Waals surface area contributed by atoms with Gasteiger partial charge in [0, 0.05) is 27.0 Å². The zero-order valence-corrected chi connectivity index (χ0v) is 13.1. The topological polar surface area (TPSA) is 136 Å². The van der Waals surface area contributed by atoms with Crippen molar-refractivity contribution in [3.63, 3.8) is 0 Å². The number of hydrogen-bond donors (Lipinski definition) is 4. The molecule has 0 unspecified atom stereocenters. The SMILES string of the molecule is CC(=O)O.CC(=O)O.CC(=O)O.CCCCCC=CC=N. The number of allylic oxidation sites excluding steroid dienone is 2. The molecule has 0 aliphatic rings. The van der Waals surface area contributed by atoms with E-state index in [1.165, 1.54) is 25.5 Å². The van der Waals surface area contributed by atoms with Crippen LogP contribution in [0.3, 0.4) is 0 Å². The average molecular weight is 305 g/mol. The summed E-state index contributed by atoms with van der Waals surface area (Å²) in [4.78, 5) is 27.0. The first-order valence-electron chi connectivity index (χ1n) is 6.35. The summed E-state index contributed by atoms with van der Waals surface area (Å²) in [6.07, 6.45) is 10.1. The van der Waals surface area contributed by atoms with E-state index in [1.807, 2.05) is 6.08 Å². The van der Waals surface area contributed by atoms with Gasteiger partial charge in [0.1, 0.15) is 0 Å². The van der Waals surface area contributed by atoms with Crippen LogP contribution in [-0.2, 0) is 14.4 Å². The molecule has 0 spiro atoms. The minimum atomic E-state index is -0.833. The van der Waals surface area contributed by atoms with Crippen LogP contribution in [0.5, 0.6) is 0 Å². The maximum Gasteiger partial charge on any atom is 0.300 e. The van der Waals surface area contributed by atoms with Gasteiger partial charge in [0.05, 0.1) is 0 Å². The standard InChI is InChI=1S/C8H15N.3C2H4O2/c1-2-3-4-5-6-7-8-9;3*1-2(3)4/h6-9H,2-5H2,1H3;3*1H3,(H,3,4). The number of unbranched alkanes of at least 4 members (excludes halogenated alkanes) is 3. The zero-order chi connectivity index (χ0) is 17.7. The minimum Gasteiger partial charge on any atom is -0.481 e. The van der Waals surface area contributed by atoms with Gasteiger partial charge in [-0.2, -0.15) is 0 Å². The molecule has 0 aromatic rings. The number of aliphatic carboxylic acids is 3. The normalized spacial score (nSPS) is 8.00. The molecule has 7 heteroatoms. The summed E-state index contributed by atoms with van der Waals surface area (Å²) in [5.41, 5.74) is 0. The van der Waals surface area contributed by atoms with Gasteiger partial charge in [0.15, 0.2) is 0 Å². The third-order valence-electron chi connectivity index (χ3n) is 1.21. The van der Waals surface area contributed by atoms with Crippen molar-refractivity contribution in [3.05, 3.63) is 12.2 Å². The van der Waals surface area contributed by atoms with Crippen molar-refractivity contribution in [2.75, 3.05) is 0 Å². The highest BCUT2D eigenvalue weighted by Gasteiger charge is 1.79. The average Bonchev–Trinajstić information content (AvgIpc) is 2.26. The van der Waals surface area contributed by atoms with Crippen molar-refractivity contribution in [2.24, 2.45) is 0 Å². The molecule has 0 amide bonds. The van der Waals surface area contributed by atoms with Gasteiger partial charge in [-0.3, -0.25) is 14.4 Å². The van der Waals surface area contributed by atoms with Crippen LogP contribution in [0.25, 0.3) is 0 Å². The smallest absolute Gasteiger partial charge is 0.300 e. The van der Waals surface area contributed by atoms with E-state index in [4.69, 9.17) is 35.1 Å². The van der Waals surface area contributed by atoms with E-state index in [1.54, 1.807) is 6.08 Å². The Bertz CT molecular complexity index is 259. The van der Waals surface area contributed by atoms with Crippen molar-refractivity contribution >= 4 is 24.1 Å². The summed E-state index contributed by atoms with van der Waals surface area (Å²) in [5.74, 6) is -2.50. The highest BCUT2D eigenvalue weighted by molar-refractivity contribution is 5.67. The molecule has 0 fully saturated rings. The first-order valence-corrected chi connectivity index (χ1v) is 6.35. The Balaban J connectivity index is -0.000000102. The molecule has 0 aliphatic carbocycles. The van der Waals surface area contributed by atoms with Crippen molar-refractivity contribution in [2.45, 2.75) is 53.4 Å². The molecule has 4 N–H and O–H groups in total. The van der Waals surface area contributed by atoms with Crippen LogP contribution in [0.2, 0.25) is 0 Å². The number of carbonyl (C=O) groups is 3. The van der Waals surface area contributed by atoms with E-state index in [2.05, 4.69) is 6.92 Å². The lowest BCUT2D eigenvalue weighted by molar-refractivity contribution is -0.135. The fourth-order valence-electron chi connectivity index (χ4n) is 0.676. The number of nitrogens with one attached hydrogen (secondary N) is 1. The Kier molecular flexibility index (Phi) is 34.2. The molecule has 0 aliphatic heterocycles. The fraction of sp³-hybridized carbons (Fsp3) is 0.571. The predicted octanol–water partition coefficient (Wildman–Crippen LogP) is 3.05. The summed E-state index contributed by atoms with van der Waals surface area (Å²) in [5, 5.41) is 28.9. The molecular formula is C14H27NO6. The maximum atomic E-state index is 9.00. The van der Waals surface area contributed by atoms with E-state index in [-0.39, 0.29) is 0 Å². The zero-order valence-electron chi connectivity index (χ0n) is 13.1. The molecule has 0 heterocycles. The van der Waals surface area contributed by atoms with E-state index in [0.717, 1.165) is 27.2 Å². The lowest BCUT2D eigenvalue weighted by Crippen LogP contribution is -1.78. The van der Waals surface area contributed by atoms with E-state index in [9.17, 15) is 0 Å². The van der Waals surface area contributed by atoms with Crippen LogP contribution in [0.1, 0.15) is 53.4 Å².